The molecule has 1 unspecified atom stereocenters. The second-order valence-electron chi connectivity index (χ2n) is 7.14. The number of hydrogen-bond acceptors (Lipinski definition) is 6. The number of methoxy groups -OCH3 is 2. The zero-order chi connectivity index (χ0) is 20.1. The molecule has 0 spiro atoms. The predicted molar refractivity (Wildman–Crippen MR) is 121 cm³/mol. The van der Waals surface area contributed by atoms with Crippen molar-refractivity contribution >= 4 is 36.8 Å². The molecule has 1 aromatic carbocycles. The molecule has 168 valence electrons. The molecular weight excluding hydrogens is 415 g/mol. The number of hydrogen-bond donors (Lipinski definition) is 2. The molecule has 2 rings (SSSR count). The number of ether oxygens (including phenoxy) is 2. The maximum Gasteiger partial charge on any atom is 0.306 e. The average Bonchev–Trinajstić information content (AvgIpc) is 2.73. The van der Waals surface area contributed by atoms with Gasteiger partial charge in [-0.25, -0.2) is 0 Å². The Balaban J connectivity index is 0. The van der Waals surface area contributed by atoms with E-state index in [0.29, 0.717) is 25.9 Å². The van der Waals surface area contributed by atoms with Gasteiger partial charge in [0.05, 0.1) is 27.1 Å². The van der Waals surface area contributed by atoms with Crippen LogP contribution in [0.3, 0.4) is 0 Å². The first kappa shape index (κ1) is 29.9. The summed E-state index contributed by atoms with van der Waals surface area (Å²) in [5, 5.41) is 0. The van der Waals surface area contributed by atoms with Gasteiger partial charge < -0.3 is 20.9 Å². The highest BCUT2D eigenvalue weighted by Crippen LogP contribution is 2.38. The summed E-state index contributed by atoms with van der Waals surface area (Å²) in [6.45, 7) is 1.07. The lowest BCUT2D eigenvalue weighted by Crippen LogP contribution is -2.35. The number of carbonyl (C=O) groups is 2. The molecule has 1 aliphatic carbocycles. The van der Waals surface area contributed by atoms with E-state index in [4.69, 9.17) is 11.5 Å². The molecule has 1 aliphatic rings. The van der Waals surface area contributed by atoms with Crippen molar-refractivity contribution < 1.29 is 19.1 Å². The summed E-state index contributed by atoms with van der Waals surface area (Å²) < 4.78 is 9.29. The summed E-state index contributed by atoms with van der Waals surface area (Å²) in [5.74, 6) is -0.277. The SMILES string of the molecule is COC(=O)CC(CN)c1ccccc1.COC(=O)CC1(CN)CCCCC1.Cl.Cl. The Morgan fingerprint density at radius 1 is 0.966 bits per heavy atom. The molecule has 0 heterocycles. The first-order valence-corrected chi connectivity index (χ1v) is 9.59. The van der Waals surface area contributed by atoms with E-state index < -0.39 is 0 Å². The van der Waals surface area contributed by atoms with Crippen LogP contribution in [0, 0.1) is 5.41 Å². The largest absolute Gasteiger partial charge is 0.469 e. The Bertz CT molecular complexity index is 567. The predicted octanol–water partition coefficient (Wildman–Crippen LogP) is 3.59. The third-order valence-corrected chi connectivity index (χ3v) is 5.29. The molecule has 1 fully saturated rings. The van der Waals surface area contributed by atoms with Crippen molar-refractivity contribution in [3.8, 4) is 0 Å². The van der Waals surface area contributed by atoms with E-state index in [1.165, 1.54) is 33.5 Å². The van der Waals surface area contributed by atoms with Crippen molar-refractivity contribution in [1.29, 1.82) is 0 Å². The minimum absolute atomic E-state index is 0. The van der Waals surface area contributed by atoms with Gasteiger partial charge in [0, 0.05) is 5.92 Å². The zero-order valence-corrected chi connectivity index (χ0v) is 19.1. The summed E-state index contributed by atoms with van der Waals surface area (Å²) in [6.07, 6.45) is 6.69. The van der Waals surface area contributed by atoms with Gasteiger partial charge in [0.15, 0.2) is 0 Å². The highest BCUT2D eigenvalue weighted by molar-refractivity contribution is 5.85. The van der Waals surface area contributed by atoms with Crippen molar-refractivity contribution in [2.45, 2.75) is 50.9 Å². The lowest BCUT2D eigenvalue weighted by molar-refractivity contribution is -0.144. The van der Waals surface area contributed by atoms with Gasteiger partial charge in [0.2, 0.25) is 0 Å². The molecule has 0 radical (unpaired) electrons. The average molecular weight is 451 g/mol. The summed E-state index contributed by atoms with van der Waals surface area (Å²) >= 11 is 0. The van der Waals surface area contributed by atoms with Crippen LogP contribution >= 0.6 is 24.8 Å². The van der Waals surface area contributed by atoms with Crippen molar-refractivity contribution in [1.82, 2.24) is 0 Å². The number of nitrogens with two attached hydrogens (primary N) is 2. The third-order valence-electron chi connectivity index (χ3n) is 5.29. The second-order valence-corrected chi connectivity index (χ2v) is 7.14. The summed E-state index contributed by atoms with van der Waals surface area (Å²) in [6, 6.07) is 9.76. The third kappa shape index (κ3) is 10.8. The first-order valence-electron chi connectivity index (χ1n) is 9.59. The van der Waals surface area contributed by atoms with Crippen LogP contribution in [0.25, 0.3) is 0 Å². The quantitative estimate of drug-likeness (QED) is 0.614. The van der Waals surface area contributed by atoms with Gasteiger partial charge in [-0.05, 0) is 36.9 Å². The standard InChI is InChI=1S/C11H15NO2.C10H19NO2.2ClH/c1-14-11(13)7-10(8-12)9-5-3-2-4-6-9;1-13-9(12)7-10(8-11)5-3-2-4-6-10;;/h2-6,10H,7-8,12H2,1H3;2-8,11H2,1H3;2*1H. The second kappa shape index (κ2) is 16.5. The van der Waals surface area contributed by atoms with Gasteiger partial charge >= 0.3 is 11.9 Å². The summed E-state index contributed by atoms with van der Waals surface area (Å²) in [7, 11) is 2.83. The summed E-state index contributed by atoms with van der Waals surface area (Å²) in [4.78, 5) is 22.2. The van der Waals surface area contributed by atoms with E-state index in [1.54, 1.807) is 0 Å². The van der Waals surface area contributed by atoms with Gasteiger partial charge in [0.25, 0.3) is 0 Å². The molecule has 4 N–H and O–H groups in total. The monoisotopic (exact) mass is 450 g/mol. The topological polar surface area (TPSA) is 105 Å². The maximum atomic E-state index is 11.2. The number of carbonyl (C=O) groups excluding carboxylic acids is 2. The fourth-order valence-electron chi connectivity index (χ4n) is 3.48. The van der Waals surface area contributed by atoms with Gasteiger partial charge in [-0.3, -0.25) is 9.59 Å². The highest BCUT2D eigenvalue weighted by atomic mass is 35.5. The normalized spacial score (nSPS) is 15.3. The van der Waals surface area contributed by atoms with E-state index in [-0.39, 0.29) is 48.1 Å². The molecule has 1 saturated carbocycles. The number of benzene rings is 1. The van der Waals surface area contributed by atoms with Crippen LogP contribution in [0.15, 0.2) is 30.3 Å². The van der Waals surface area contributed by atoms with Crippen LogP contribution in [0.5, 0.6) is 0 Å². The van der Waals surface area contributed by atoms with Crippen LogP contribution in [0.1, 0.15) is 56.4 Å². The number of halogens is 2. The molecule has 29 heavy (non-hydrogen) atoms. The molecule has 6 nitrogen and oxygen atoms in total. The van der Waals surface area contributed by atoms with E-state index in [9.17, 15) is 9.59 Å². The maximum absolute atomic E-state index is 11.2. The Hall–Kier alpha value is -1.34. The minimum Gasteiger partial charge on any atom is -0.469 e. The van der Waals surface area contributed by atoms with Gasteiger partial charge in [-0.15, -0.1) is 24.8 Å². The van der Waals surface area contributed by atoms with Crippen LogP contribution in [0.2, 0.25) is 0 Å². The van der Waals surface area contributed by atoms with Crippen LogP contribution < -0.4 is 11.5 Å². The Morgan fingerprint density at radius 3 is 1.97 bits per heavy atom. The molecule has 0 bridgehead atoms. The Morgan fingerprint density at radius 2 is 1.52 bits per heavy atom. The number of esters is 2. The highest BCUT2D eigenvalue weighted by Gasteiger charge is 2.33. The molecular formula is C21H36Cl2N2O4. The van der Waals surface area contributed by atoms with Gasteiger partial charge in [-0.2, -0.15) is 0 Å². The Labute approximate surface area is 186 Å². The van der Waals surface area contributed by atoms with E-state index in [2.05, 4.69) is 9.47 Å². The molecule has 0 saturated heterocycles. The van der Waals surface area contributed by atoms with Crippen molar-refractivity contribution in [3.63, 3.8) is 0 Å². The van der Waals surface area contributed by atoms with Crippen molar-refractivity contribution in [3.05, 3.63) is 35.9 Å². The molecule has 0 amide bonds. The smallest absolute Gasteiger partial charge is 0.306 e. The lowest BCUT2D eigenvalue weighted by atomic mass is 9.72. The van der Waals surface area contributed by atoms with Crippen molar-refractivity contribution in [2.24, 2.45) is 16.9 Å². The zero-order valence-electron chi connectivity index (χ0n) is 17.4. The number of rotatable bonds is 7. The van der Waals surface area contributed by atoms with E-state index >= 15 is 0 Å². The van der Waals surface area contributed by atoms with Gasteiger partial charge in [0.1, 0.15) is 0 Å². The van der Waals surface area contributed by atoms with Crippen molar-refractivity contribution in [2.75, 3.05) is 27.3 Å². The summed E-state index contributed by atoms with van der Waals surface area (Å²) in [5.41, 5.74) is 12.5. The van der Waals surface area contributed by atoms with Gasteiger partial charge in [-0.1, -0.05) is 49.6 Å². The minimum atomic E-state index is -0.218. The molecule has 0 aromatic heterocycles. The molecule has 1 aromatic rings. The fraction of sp³-hybridized carbons (Fsp3) is 0.619. The molecule has 1 atom stereocenters. The molecule has 0 aliphatic heterocycles. The van der Waals surface area contributed by atoms with E-state index in [1.807, 2.05) is 30.3 Å². The lowest BCUT2D eigenvalue weighted by Gasteiger charge is -2.35. The Kier molecular flexibility index (Phi) is 16.9. The van der Waals surface area contributed by atoms with Crippen LogP contribution in [0.4, 0.5) is 0 Å². The van der Waals surface area contributed by atoms with E-state index in [0.717, 1.165) is 18.4 Å². The molecule has 8 heteroatoms. The van der Waals surface area contributed by atoms with Crippen LogP contribution in [-0.4, -0.2) is 39.2 Å². The first-order chi connectivity index (χ1) is 13.0. The fourth-order valence-corrected chi connectivity index (χ4v) is 3.48. The van der Waals surface area contributed by atoms with Crippen LogP contribution in [-0.2, 0) is 19.1 Å².